The van der Waals surface area contributed by atoms with E-state index >= 15 is 0 Å². The van der Waals surface area contributed by atoms with Crippen molar-refractivity contribution in [3.63, 3.8) is 0 Å². The molecule has 0 spiro atoms. The summed E-state index contributed by atoms with van der Waals surface area (Å²) in [6.07, 6.45) is 1.34. The van der Waals surface area contributed by atoms with E-state index in [0.717, 1.165) is 17.0 Å². The zero-order chi connectivity index (χ0) is 18.4. The zero-order valence-corrected chi connectivity index (χ0v) is 14.8. The number of nitrogens with zero attached hydrogens (tertiary/aromatic N) is 2. The Hall–Kier alpha value is -3.12. The highest BCUT2D eigenvalue weighted by Crippen LogP contribution is 2.19. The largest absolute Gasteiger partial charge is 0.496 e. The average molecular weight is 369 g/mol. The zero-order valence-electron chi connectivity index (χ0n) is 14.1. The Balaban J connectivity index is 1.68. The number of rotatable bonds is 6. The average Bonchev–Trinajstić information content (AvgIpc) is 2.66. The third kappa shape index (κ3) is 4.49. The van der Waals surface area contributed by atoms with Gasteiger partial charge in [0, 0.05) is 28.9 Å². The first-order chi connectivity index (χ1) is 12.7. The number of benzene rings is 2. The molecule has 0 aliphatic carbocycles. The molecule has 0 radical (unpaired) electrons. The highest BCUT2D eigenvalue weighted by Gasteiger charge is 2.10. The van der Waals surface area contributed by atoms with Crippen molar-refractivity contribution >= 4 is 29.0 Å². The smallest absolute Gasteiger partial charge is 0.270 e. The van der Waals surface area contributed by atoms with Gasteiger partial charge in [0.05, 0.1) is 7.11 Å². The Bertz CT molecular complexity index is 917. The van der Waals surface area contributed by atoms with Gasteiger partial charge in [-0.3, -0.25) is 4.79 Å². The third-order valence-corrected chi connectivity index (χ3v) is 3.86. The van der Waals surface area contributed by atoms with Gasteiger partial charge < -0.3 is 15.4 Å². The van der Waals surface area contributed by atoms with E-state index in [1.165, 1.54) is 6.33 Å². The second-order valence-corrected chi connectivity index (χ2v) is 5.85. The van der Waals surface area contributed by atoms with Gasteiger partial charge in [0.25, 0.3) is 5.91 Å². The van der Waals surface area contributed by atoms with Crippen LogP contribution in [0.4, 0.5) is 11.5 Å². The van der Waals surface area contributed by atoms with Crippen LogP contribution in [0.5, 0.6) is 5.75 Å². The van der Waals surface area contributed by atoms with Crippen LogP contribution in [0.1, 0.15) is 16.1 Å². The van der Waals surface area contributed by atoms with Crippen LogP contribution in [-0.2, 0) is 6.54 Å². The molecule has 0 fully saturated rings. The van der Waals surface area contributed by atoms with Gasteiger partial charge in [0.1, 0.15) is 23.6 Å². The predicted molar refractivity (Wildman–Crippen MR) is 101 cm³/mol. The van der Waals surface area contributed by atoms with Crippen molar-refractivity contribution in [1.29, 1.82) is 0 Å². The van der Waals surface area contributed by atoms with Gasteiger partial charge in [-0.2, -0.15) is 0 Å². The summed E-state index contributed by atoms with van der Waals surface area (Å²) in [5.74, 6) is 0.927. The lowest BCUT2D eigenvalue weighted by molar-refractivity contribution is 0.0945. The van der Waals surface area contributed by atoms with Gasteiger partial charge in [-0.15, -0.1) is 0 Å². The van der Waals surface area contributed by atoms with E-state index in [9.17, 15) is 4.79 Å². The van der Waals surface area contributed by atoms with E-state index in [4.69, 9.17) is 16.3 Å². The Morgan fingerprint density at radius 3 is 2.77 bits per heavy atom. The van der Waals surface area contributed by atoms with Gasteiger partial charge in [-0.1, -0.05) is 35.9 Å². The number of carbonyl (C=O) groups excluding carboxylic acids is 1. The number of amides is 1. The first kappa shape index (κ1) is 17.7. The molecule has 3 aromatic rings. The summed E-state index contributed by atoms with van der Waals surface area (Å²) in [5, 5.41) is 6.54. The summed E-state index contributed by atoms with van der Waals surface area (Å²) in [4.78, 5) is 20.5. The Kier molecular flexibility index (Phi) is 5.66. The molecular formula is C19H17ClN4O2. The van der Waals surface area contributed by atoms with E-state index in [-0.39, 0.29) is 11.6 Å². The minimum absolute atomic E-state index is 0.263. The van der Waals surface area contributed by atoms with Crippen LogP contribution in [0.3, 0.4) is 0 Å². The van der Waals surface area contributed by atoms with Crippen LogP contribution in [0.2, 0.25) is 5.02 Å². The molecule has 0 saturated carbocycles. The van der Waals surface area contributed by atoms with Crippen molar-refractivity contribution in [3.05, 3.63) is 77.2 Å². The molecule has 0 unspecified atom stereocenters. The van der Waals surface area contributed by atoms with Crippen LogP contribution < -0.4 is 15.4 Å². The number of aromatic nitrogens is 2. The fourth-order valence-corrected chi connectivity index (χ4v) is 2.57. The lowest BCUT2D eigenvalue weighted by Gasteiger charge is -2.10. The normalized spacial score (nSPS) is 10.2. The first-order valence-electron chi connectivity index (χ1n) is 7.90. The number of anilines is 2. The lowest BCUT2D eigenvalue weighted by Crippen LogP contribution is -2.24. The molecule has 2 aromatic carbocycles. The minimum atomic E-state index is -0.299. The van der Waals surface area contributed by atoms with Gasteiger partial charge >= 0.3 is 0 Å². The molecule has 6 nitrogen and oxygen atoms in total. The van der Waals surface area contributed by atoms with Crippen LogP contribution in [-0.4, -0.2) is 23.0 Å². The molecule has 0 aliphatic heterocycles. The number of carbonyl (C=O) groups is 1. The minimum Gasteiger partial charge on any atom is -0.496 e. The molecule has 0 aliphatic rings. The maximum absolute atomic E-state index is 12.4. The number of ether oxygens (including phenoxy) is 1. The molecule has 132 valence electrons. The van der Waals surface area contributed by atoms with E-state index in [0.29, 0.717) is 17.4 Å². The van der Waals surface area contributed by atoms with Crippen LogP contribution in [0.15, 0.2) is 60.9 Å². The molecule has 7 heteroatoms. The van der Waals surface area contributed by atoms with Crippen molar-refractivity contribution in [3.8, 4) is 5.75 Å². The first-order valence-corrected chi connectivity index (χ1v) is 8.28. The molecule has 0 atom stereocenters. The summed E-state index contributed by atoms with van der Waals surface area (Å²) >= 11 is 5.97. The van der Waals surface area contributed by atoms with Crippen molar-refractivity contribution in [2.45, 2.75) is 6.54 Å². The maximum Gasteiger partial charge on any atom is 0.270 e. The molecule has 0 bridgehead atoms. The van der Waals surface area contributed by atoms with Crippen LogP contribution in [0.25, 0.3) is 0 Å². The third-order valence-electron chi connectivity index (χ3n) is 3.63. The Morgan fingerprint density at radius 2 is 1.96 bits per heavy atom. The predicted octanol–water partition coefficient (Wildman–Crippen LogP) is 3.81. The summed E-state index contributed by atoms with van der Waals surface area (Å²) in [6, 6.07) is 16.3. The number of para-hydroxylation sites is 1. The van der Waals surface area contributed by atoms with E-state index in [2.05, 4.69) is 20.6 Å². The van der Waals surface area contributed by atoms with Crippen molar-refractivity contribution in [2.75, 3.05) is 12.4 Å². The van der Waals surface area contributed by atoms with E-state index < -0.39 is 0 Å². The van der Waals surface area contributed by atoms with Gasteiger partial charge in [-0.25, -0.2) is 9.97 Å². The summed E-state index contributed by atoms with van der Waals surface area (Å²) < 4.78 is 5.28. The SMILES string of the molecule is COc1ccccc1CNC(=O)c1cc(Nc2cccc(Cl)c2)ncn1. The molecule has 1 aromatic heterocycles. The molecular weight excluding hydrogens is 352 g/mol. The highest BCUT2D eigenvalue weighted by atomic mass is 35.5. The van der Waals surface area contributed by atoms with E-state index in [1.807, 2.05) is 36.4 Å². The Morgan fingerprint density at radius 1 is 1.12 bits per heavy atom. The Labute approximate surface area is 156 Å². The fraction of sp³-hybridized carbons (Fsp3) is 0.105. The van der Waals surface area contributed by atoms with Gasteiger partial charge in [-0.05, 0) is 24.3 Å². The monoisotopic (exact) mass is 368 g/mol. The van der Waals surface area contributed by atoms with Crippen molar-refractivity contribution < 1.29 is 9.53 Å². The van der Waals surface area contributed by atoms with Gasteiger partial charge in [0.15, 0.2) is 0 Å². The fourth-order valence-electron chi connectivity index (χ4n) is 2.38. The van der Waals surface area contributed by atoms with Crippen LogP contribution in [0, 0.1) is 0 Å². The molecule has 2 N–H and O–H groups in total. The molecule has 1 amide bonds. The number of nitrogens with one attached hydrogen (secondary N) is 2. The quantitative estimate of drug-likeness (QED) is 0.691. The molecule has 26 heavy (non-hydrogen) atoms. The summed E-state index contributed by atoms with van der Waals surface area (Å²) in [5.41, 5.74) is 1.92. The van der Waals surface area contributed by atoms with Crippen molar-refractivity contribution in [1.82, 2.24) is 15.3 Å². The number of halogens is 1. The van der Waals surface area contributed by atoms with E-state index in [1.54, 1.807) is 25.3 Å². The number of hydrogen-bond donors (Lipinski definition) is 2. The summed E-state index contributed by atoms with van der Waals surface area (Å²) in [6.45, 7) is 0.337. The maximum atomic E-state index is 12.4. The molecule has 0 saturated heterocycles. The summed E-state index contributed by atoms with van der Waals surface area (Å²) in [7, 11) is 1.60. The standard InChI is InChI=1S/C19H17ClN4O2/c1-26-17-8-3-2-5-13(17)11-21-19(25)16-10-18(23-12-22-16)24-15-7-4-6-14(20)9-15/h2-10,12H,11H2,1H3,(H,21,25)(H,22,23,24). The number of hydrogen-bond acceptors (Lipinski definition) is 5. The lowest BCUT2D eigenvalue weighted by atomic mass is 10.2. The van der Waals surface area contributed by atoms with Crippen LogP contribution >= 0.6 is 11.6 Å². The molecule has 3 rings (SSSR count). The van der Waals surface area contributed by atoms with Crippen molar-refractivity contribution in [2.24, 2.45) is 0 Å². The topological polar surface area (TPSA) is 76.1 Å². The van der Waals surface area contributed by atoms with Gasteiger partial charge in [0.2, 0.25) is 0 Å². The number of methoxy groups -OCH3 is 1. The second-order valence-electron chi connectivity index (χ2n) is 5.42. The highest BCUT2D eigenvalue weighted by molar-refractivity contribution is 6.30. The second kappa shape index (κ2) is 8.31. The molecule has 1 heterocycles.